The molecule has 0 bridgehead atoms. The summed E-state index contributed by atoms with van der Waals surface area (Å²) in [4.78, 5) is 31.7. The number of carbonyl (C=O) groups excluding carboxylic acids is 2. The number of benzene rings is 1. The maximum absolute atomic E-state index is 12.6. The van der Waals surface area contributed by atoms with E-state index in [1.165, 1.54) is 11.8 Å². The molecule has 0 saturated carbocycles. The first-order valence-corrected chi connectivity index (χ1v) is 10.4. The summed E-state index contributed by atoms with van der Waals surface area (Å²) in [6, 6.07) is 8.85. The van der Waals surface area contributed by atoms with E-state index in [0.29, 0.717) is 48.4 Å². The molecule has 2 heterocycles. The number of amides is 1. The molecule has 1 aromatic carbocycles. The predicted molar refractivity (Wildman–Crippen MR) is 113 cm³/mol. The summed E-state index contributed by atoms with van der Waals surface area (Å²) in [6.07, 6.45) is 1.61. The van der Waals surface area contributed by atoms with Crippen LogP contribution in [-0.4, -0.2) is 54.7 Å². The third kappa shape index (κ3) is 5.54. The molecule has 0 aliphatic carbocycles. The fourth-order valence-electron chi connectivity index (χ4n) is 2.82. The Kier molecular flexibility index (Phi) is 7.35. The van der Waals surface area contributed by atoms with Crippen LogP contribution in [0.15, 0.2) is 58.6 Å². The zero-order chi connectivity index (χ0) is 21.5. The SMILES string of the molecule is C=C(C)CN(CC)C(=O)COC(=O)c1cccnc1Sc1ccc2c(c1)OCCO2. The lowest BCUT2D eigenvalue weighted by Gasteiger charge is -2.20. The van der Waals surface area contributed by atoms with Crippen molar-refractivity contribution in [2.24, 2.45) is 0 Å². The first-order chi connectivity index (χ1) is 14.5. The highest BCUT2D eigenvalue weighted by atomic mass is 32.2. The molecule has 7 nitrogen and oxygen atoms in total. The van der Waals surface area contributed by atoms with E-state index in [9.17, 15) is 9.59 Å². The number of pyridine rings is 1. The van der Waals surface area contributed by atoms with Gasteiger partial charge < -0.3 is 19.1 Å². The normalized spacial score (nSPS) is 12.2. The van der Waals surface area contributed by atoms with Gasteiger partial charge in [0.2, 0.25) is 0 Å². The summed E-state index contributed by atoms with van der Waals surface area (Å²) < 4.78 is 16.4. The maximum Gasteiger partial charge on any atom is 0.341 e. The first kappa shape index (κ1) is 21.7. The van der Waals surface area contributed by atoms with Gasteiger partial charge in [-0.15, -0.1) is 0 Å². The molecule has 0 fully saturated rings. The molecule has 1 aliphatic rings. The quantitative estimate of drug-likeness (QED) is 0.470. The van der Waals surface area contributed by atoms with Gasteiger partial charge in [-0.05, 0) is 44.2 Å². The summed E-state index contributed by atoms with van der Waals surface area (Å²) in [5, 5.41) is 0.487. The fraction of sp³-hybridized carbons (Fsp3) is 0.318. The molecule has 2 aromatic rings. The molecule has 0 N–H and O–H groups in total. The fourth-order valence-corrected chi connectivity index (χ4v) is 3.72. The summed E-state index contributed by atoms with van der Waals surface area (Å²) >= 11 is 1.31. The van der Waals surface area contributed by atoms with Crippen LogP contribution in [0, 0.1) is 0 Å². The van der Waals surface area contributed by atoms with E-state index in [0.717, 1.165) is 10.5 Å². The van der Waals surface area contributed by atoms with E-state index < -0.39 is 5.97 Å². The standard InChI is InChI=1S/C22H24N2O5S/c1-4-24(13-15(2)3)20(25)14-29-22(26)17-6-5-9-23-21(17)30-16-7-8-18-19(12-16)28-11-10-27-18/h5-9,12H,2,4,10-11,13-14H2,1,3H3. The lowest BCUT2D eigenvalue weighted by molar-refractivity contribution is -0.133. The van der Waals surface area contributed by atoms with Crippen molar-refractivity contribution in [2.45, 2.75) is 23.8 Å². The van der Waals surface area contributed by atoms with E-state index in [2.05, 4.69) is 11.6 Å². The van der Waals surface area contributed by atoms with Gasteiger partial charge in [0.15, 0.2) is 18.1 Å². The molecule has 0 unspecified atom stereocenters. The highest BCUT2D eigenvalue weighted by Crippen LogP contribution is 2.37. The minimum Gasteiger partial charge on any atom is -0.486 e. The van der Waals surface area contributed by atoms with Gasteiger partial charge in [0.25, 0.3) is 5.91 Å². The highest BCUT2D eigenvalue weighted by molar-refractivity contribution is 7.99. The summed E-state index contributed by atoms with van der Waals surface area (Å²) in [5.74, 6) is 0.496. The number of likely N-dealkylation sites (N-methyl/N-ethyl adjacent to an activating group) is 1. The van der Waals surface area contributed by atoms with Gasteiger partial charge in [0.05, 0.1) is 5.56 Å². The van der Waals surface area contributed by atoms with Gasteiger partial charge in [0.1, 0.15) is 18.2 Å². The summed E-state index contributed by atoms with van der Waals surface area (Å²) in [6.45, 7) is 9.17. The topological polar surface area (TPSA) is 78.0 Å². The molecular formula is C22H24N2O5S. The van der Waals surface area contributed by atoms with Gasteiger partial charge in [-0.1, -0.05) is 23.9 Å². The maximum atomic E-state index is 12.6. The molecule has 0 radical (unpaired) electrons. The van der Waals surface area contributed by atoms with E-state index >= 15 is 0 Å². The number of aromatic nitrogens is 1. The minimum atomic E-state index is -0.595. The zero-order valence-corrected chi connectivity index (χ0v) is 17.9. The molecule has 0 spiro atoms. The Morgan fingerprint density at radius 1 is 1.23 bits per heavy atom. The first-order valence-electron chi connectivity index (χ1n) is 9.59. The summed E-state index contributed by atoms with van der Waals surface area (Å²) in [7, 11) is 0. The Bertz CT molecular complexity index is 947. The van der Waals surface area contributed by atoms with Crippen molar-refractivity contribution in [3.8, 4) is 11.5 Å². The van der Waals surface area contributed by atoms with Crippen LogP contribution in [0.3, 0.4) is 0 Å². The smallest absolute Gasteiger partial charge is 0.341 e. The van der Waals surface area contributed by atoms with Crippen molar-refractivity contribution in [3.63, 3.8) is 0 Å². The molecule has 0 saturated heterocycles. The molecule has 0 atom stereocenters. The molecular weight excluding hydrogens is 404 g/mol. The van der Waals surface area contributed by atoms with Crippen molar-refractivity contribution in [2.75, 3.05) is 32.9 Å². The third-order valence-electron chi connectivity index (χ3n) is 4.24. The molecule has 1 aromatic heterocycles. The second kappa shape index (κ2) is 10.2. The van der Waals surface area contributed by atoms with Crippen molar-refractivity contribution in [1.29, 1.82) is 0 Å². The Morgan fingerprint density at radius 3 is 2.73 bits per heavy atom. The molecule has 158 valence electrons. The molecule has 1 amide bonds. The van der Waals surface area contributed by atoms with Crippen molar-refractivity contribution < 1.29 is 23.8 Å². The minimum absolute atomic E-state index is 0.265. The van der Waals surface area contributed by atoms with Crippen LogP contribution in [0.2, 0.25) is 0 Å². The van der Waals surface area contributed by atoms with Crippen molar-refractivity contribution >= 4 is 23.6 Å². The number of ether oxygens (including phenoxy) is 3. The van der Waals surface area contributed by atoms with Gasteiger partial charge in [0, 0.05) is 24.2 Å². The Hall–Kier alpha value is -3.00. The van der Waals surface area contributed by atoms with E-state index in [4.69, 9.17) is 14.2 Å². The second-order valence-corrected chi connectivity index (χ2v) is 7.77. The second-order valence-electron chi connectivity index (χ2n) is 6.70. The van der Waals surface area contributed by atoms with Crippen molar-refractivity contribution in [3.05, 3.63) is 54.2 Å². The van der Waals surface area contributed by atoms with Crippen LogP contribution >= 0.6 is 11.8 Å². The van der Waals surface area contributed by atoms with Crippen LogP contribution in [-0.2, 0) is 9.53 Å². The van der Waals surface area contributed by atoms with E-state index in [1.54, 1.807) is 23.2 Å². The highest BCUT2D eigenvalue weighted by Gasteiger charge is 2.19. The van der Waals surface area contributed by atoms with E-state index in [-0.39, 0.29) is 12.5 Å². The van der Waals surface area contributed by atoms with Crippen LogP contribution in [0.25, 0.3) is 0 Å². The van der Waals surface area contributed by atoms with Crippen LogP contribution < -0.4 is 9.47 Å². The molecule has 30 heavy (non-hydrogen) atoms. The van der Waals surface area contributed by atoms with Gasteiger partial charge in [-0.25, -0.2) is 9.78 Å². The number of fused-ring (bicyclic) bond motifs is 1. The van der Waals surface area contributed by atoms with Crippen LogP contribution in [0.1, 0.15) is 24.2 Å². The zero-order valence-electron chi connectivity index (χ0n) is 17.1. The Morgan fingerprint density at radius 2 is 2.00 bits per heavy atom. The van der Waals surface area contributed by atoms with Gasteiger partial charge >= 0.3 is 5.97 Å². The van der Waals surface area contributed by atoms with Crippen LogP contribution in [0.4, 0.5) is 0 Å². The third-order valence-corrected chi connectivity index (χ3v) is 5.25. The lowest BCUT2D eigenvalue weighted by Crippen LogP contribution is -2.35. The number of nitrogens with zero attached hydrogens (tertiary/aromatic N) is 2. The molecule has 8 heteroatoms. The van der Waals surface area contributed by atoms with E-state index in [1.807, 2.05) is 32.0 Å². The monoisotopic (exact) mass is 428 g/mol. The lowest BCUT2D eigenvalue weighted by atomic mass is 10.3. The number of hydrogen-bond donors (Lipinski definition) is 0. The molecule has 1 aliphatic heterocycles. The number of carbonyl (C=O) groups is 2. The van der Waals surface area contributed by atoms with Crippen molar-refractivity contribution in [1.82, 2.24) is 9.88 Å². The Labute approximate surface area is 180 Å². The average molecular weight is 429 g/mol. The van der Waals surface area contributed by atoms with Gasteiger partial charge in [-0.2, -0.15) is 0 Å². The molecule has 3 rings (SSSR count). The number of hydrogen-bond acceptors (Lipinski definition) is 7. The summed E-state index contributed by atoms with van der Waals surface area (Å²) in [5.41, 5.74) is 1.16. The largest absolute Gasteiger partial charge is 0.486 e. The van der Waals surface area contributed by atoms with Crippen LogP contribution in [0.5, 0.6) is 11.5 Å². The Balaban J connectivity index is 1.68. The average Bonchev–Trinajstić information content (AvgIpc) is 2.75. The predicted octanol–water partition coefficient (Wildman–Crippen LogP) is 3.59. The van der Waals surface area contributed by atoms with Gasteiger partial charge in [-0.3, -0.25) is 4.79 Å². The number of rotatable bonds is 8. The number of esters is 1.